The van der Waals surface area contributed by atoms with Gasteiger partial charge in [0.25, 0.3) is 5.91 Å². The summed E-state index contributed by atoms with van der Waals surface area (Å²) in [7, 11) is 0. The molecule has 1 aromatic rings. The highest BCUT2D eigenvalue weighted by Gasteiger charge is 2.17. The first-order valence-corrected chi connectivity index (χ1v) is 6.87. The molecule has 1 aromatic heterocycles. The predicted molar refractivity (Wildman–Crippen MR) is 74.7 cm³/mol. The number of halogens is 1. The van der Waals surface area contributed by atoms with Crippen molar-refractivity contribution in [2.75, 3.05) is 25.1 Å². The molecule has 19 heavy (non-hydrogen) atoms. The minimum atomic E-state index is -0.140. The number of rotatable bonds is 4. The molecule has 1 fully saturated rings. The topological polar surface area (TPSA) is 63.2 Å². The van der Waals surface area contributed by atoms with Gasteiger partial charge in [0, 0.05) is 18.7 Å². The van der Waals surface area contributed by atoms with Crippen LogP contribution in [0.2, 0.25) is 5.15 Å². The fourth-order valence-corrected chi connectivity index (χ4v) is 2.23. The number of pyridine rings is 1. The standard InChI is InChI=1S/C13H18ClN3O2/c1-2-15-12-7-9(6-11(14)17-12)13(18)16-10-4-3-5-19-8-10/h6-7,10H,2-5,8H2,1H3,(H,15,17)(H,16,18). The van der Waals surface area contributed by atoms with E-state index in [9.17, 15) is 4.79 Å². The lowest BCUT2D eigenvalue weighted by Gasteiger charge is -2.23. The van der Waals surface area contributed by atoms with Crippen LogP contribution in [0.1, 0.15) is 30.1 Å². The van der Waals surface area contributed by atoms with Gasteiger partial charge in [-0.2, -0.15) is 0 Å². The lowest BCUT2D eigenvalue weighted by atomic mass is 10.1. The van der Waals surface area contributed by atoms with Crippen LogP contribution < -0.4 is 10.6 Å². The Labute approximate surface area is 117 Å². The summed E-state index contributed by atoms with van der Waals surface area (Å²) in [5, 5.41) is 6.31. The summed E-state index contributed by atoms with van der Waals surface area (Å²) in [5.74, 6) is 0.471. The average Bonchev–Trinajstić information content (AvgIpc) is 2.39. The van der Waals surface area contributed by atoms with Gasteiger partial charge >= 0.3 is 0 Å². The number of amides is 1. The van der Waals surface area contributed by atoms with Gasteiger partial charge in [0.1, 0.15) is 11.0 Å². The van der Waals surface area contributed by atoms with E-state index in [1.54, 1.807) is 12.1 Å². The van der Waals surface area contributed by atoms with Gasteiger partial charge in [0.05, 0.1) is 12.6 Å². The monoisotopic (exact) mass is 283 g/mol. The van der Waals surface area contributed by atoms with Gasteiger partial charge in [0.15, 0.2) is 0 Å². The Kier molecular flexibility index (Phi) is 4.99. The van der Waals surface area contributed by atoms with E-state index < -0.39 is 0 Å². The number of ether oxygens (including phenoxy) is 1. The Morgan fingerprint density at radius 2 is 2.42 bits per heavy atom. The Morgan fingerprint density at radius 1 is 1.58 bits per heavy atom. The minimum Gasteiger partial charge on any atom is -0.379 e. The van der Waals surface area contributed by atoms with Crippen LogP contribution in [0.5, 0.6) is 0 Å². The van der Waals surface area contributed by atoms with Crippen LogP contribution in [0.25, 0.3) is 0 Å². The first-order valence-electron chi connectivity index (χ1n) is 6.49. The maximum atomic E-state index is 12.1. The van der Waals surface area contributed by atoms with Gasteiger partial charge in [-0.1, -0.05) is 11.6 Å². The van der Waals surface area contributed by atoms with Crippen molar-refractivity contribution in [3.05, 3.63) is 22.8 Å². The number of anilines is 1. The second-order valence-corrected chi connectivity index (χ2v) is 4.87. The second-order valence-electron chi connectivity index (χ2n) is 4.48. The van der Waals surface area contributed by atoms with E-state index in [2.05, 4.69) is 15.6 Å². The summed E-state index contributed by atoms with van der Waals surface area (Å²) >= 11 is 5.92. The predicted octanol–water partition coefficient (Wildman–Crippen LogP) is 2.08. The fourth-order valence-electron chi connectivity index (χ4n) is 2.02. The molecule has 104 valence electrons. The molecule has 0 aromatic carbocycles. The van der Waals surface area contributed by atoms with E-state index in [-0.39, 0.29) is 11.9 Å². The molecule has 2 rings (SSSR count). The number of hydrogen-bond acceptors (Lipinski definition) is 4. The number of carbonyl (C=O) groups excluding carboxylic acids is 1. The zero-order valence-electron chi connectivity index (χ0n) is 10.9. The van der Waals surface area contributed by atoms with Crippen LogP contribution in [0.15, 0.2) is 12.1 Å². The van der Waals surface area contributed by atoms with Gasteiger partial charge in [-0.3, -0.25) is 4.79 Å². The van der Waals surface area contributed by atoms with E-state index in [0.29, 0.717) is 23.1 Å². The summed E-state index contributed by atoms with van der Waals surface area (Å²) in [6, 6.07) is 3.35. The molecular formula is C13H18ClN3O2. The van der Waals surface area contributed by atoms with Crippen LogP contribution >= 0.6 is 11.6 Å². The molecule has 1 aliphatic rings. The molecule has 1 amide bonds. The quantitative estimate of drug-likeness (QED) is 0.831. The summed E-state index contributed by atoms with van der Waals surface area (Å²) in [6.07, 6.45) is 1.93. The molecule has 5 nitrogen and oxygen atoms in total. The van der Waals surface area contributed by atoms with Crippen molar-refractivity contribution in [1.82, 2.24) is 10.3 Å². The maximum Gasteiger partial charge on any atom is 0.251 e. The van der Waals surface area contributed by atoms with E-state index >= 15 is 0 Å². The average molecular weight is 284 g/mol. The van der Waals surface area contributed by atoms with Crippen LogP contribution in [0.4, 0.5) is 5.82 Å². The Balaban J connectivity index is 2.05. The Bertz CT molecular complexity index is 448. The molecule has 2 N–H and O–H groups in total. The molecule has 6 heteroatoms. The van der Waals surface area contributed by atoms with Crippen molar-refractivity contribution < 1.29 is 9.53 Å². The Hall–Kier alpha value is -1.33. The van der Waals surface area contributed by atoms with Crippen molar-refractivity contribution >= 4 is 23.3 Å². The van der Waals surface area contributed by atoms with Crippen molar-refractivity contribution in [3.8, 4) is 0 Å². The summed E-state index contributed by atoms with van der Waals surface area (Å²) in [5.41, 5.74) is 0.515. The Morgan fingerprint density at radius 3 is 3.11 bits per heavy atom. The van der Waals surface area contributed by atoms with Gasteiger partial charge < -0.3 is 15.4 Å². The maximum absolute atomic E-state index is 12.1. The van der Waals surface area contributed by atoms with Gasteiger partial charge in [-0.15, -0.1) is 0 Å². The number of nitrogens with zero attached hydrogens (tertiary/aromatic N) is 1. The minimum absolute atomic E-state index is 0.0794. The fraction of sp³-hybridized carbons (Fsp3) is 0.538. The van der Waals surface area contributed by atoms with Gasteiger partial charge in [0.2, 0.25) is 0 Å². The van der Waals surface area contributed by atoms with Crippen molar-refractivity contribution in [3.63, 3.8) is 0 Å². The van der Waals surface area contributed by atoms with Crippen LogP contribution in [0.3, 0.4) is 0 Å². The number of aromatic nitrogens is 1. The molecule has 0 bridgehead atoms. The molecule has 1 aliphatic heterocycles. The summed E-state index contributed by atoms with van der Waals surface area (Å²) < 4.78 is 5.34. The normalized spacial score (nSPS) is 18.9. The van der Waals surface area contributed by atoms with Crippen LogP contribution in [-0.2, 0) is 4.74 Å². The first-order chi connectivity index (χ1) is 9.19. The smallest absolute Gasteiger partial charge is 0.251 e. The number of hydrogen-bond donors (Lipinski definition) is 2. The van der Waals surface area contributed by atoms with Gasteiger partial charge in [-0.05, 0) is 31.9 Å². The summed E-state index contributed by atoms with van der Waals surface area (Å²) in [6.45, 7) is 4.04. The SMILES string of the molecule is CCNc1cc(C(=O)NC2CCCOC2)cc(Cl)n1. The molecule has 1 unspecified atom stereocenters. The molecule has 0 aliphatic carbocycles. The number of carbonyl (C=O) groups is 1. The molecule has 0 radical (unpaired) electrons. The van der Waals surface area contributed by atoms with Crippen molar-refractivity contribution in [2.24, 2.45) is 0 Å². The molecule has 1 saturated heterocycles. The van der Waals surface area contributed by atoms with E-state index in [4.69, 9.17) is 16.3 Å². The second kappa shape index (κ2) is 6.73. The molecular weight excluding hydrogens is 266 g/mol. The zero-order chi connectivity index (χ0) is 13.7. The molecule has 2 heterocycles. The van der Waals surface area contributed by atoms with Crippen molar-refractivity contribution in [1.29, 1.82) is 0 Å². The molecule has 0 spiro atoms. The third-order valence-corrected chi connectivity index (χ3v) is 3.10. The third kappa shape index (κ3) is 4.08. The van der Waals surface area contributed by atoms with E-state index in [0.717, 1.165) is 26.0 Å². The van der Waals surface area contributed by atoms with Crippen LogP contribution in [-0.4, -0.2) is 36.7 Å². The van der Waals surface area contributed by atoms with Gasteiger partial charge in [-0.25, -0.2) is 4.98 Å². The zero-order valence-corrected chi connectivity index (χ0v) is 11.7. The first kappa shape index (κ1) is 14.1. The van der Waals surface area contributed by atoms with Crippen molar-refractivity contribution in [2.45, 2.75) is 25.8 Å². The highest BCUT2D eigenvalue weighted by atomic mass is 35.5. The summed E-state index contributed by atoms with van der Waals surface area (Å²) in [4.78, 5) is 16.2. The largest absolute Gasteiger partial charge is 0.379 e. The van der Waals surface area contributed by atoms with E-state index in [1.165, 1.54) is 0 Å². The molecule has 1 atom stereocenters. The molecule has 0 saturated carbocycles. The highest BCUT2D eigenvalue weighted by Crippen LogP contribution is 2.15. The highest BCUT2D eigenvalue weighted by molar-refractivity contribution is 6.29. The lowest BCUT2D eigenvalue weighted by Crippen LogP contribution is -2.40. The lowest BCUT2D eigenvalue weighted by molar-refractivity contribution is 0.0624. The third-order valence-electron chi connectivity index (χ3n) is 2.91. The van der Waals surface area contributed by atoms with E-state index in [1.807, 2.05) is 6.92 Å². The number of nitrogens with one attached hydrogen (secondary N) is 2. The van der Waals surface area contributed by atoms with Crippen LogP contribution in [0, 0.1) is 0 Å².